The summed E-state index contributed by atoms with van der Waals surface area (Å²) < 4.78 is 37.9. The molecular formula is C11H13ClF3N3O. The number of amides is 1. The normalized spacial score (nSPS) is 11.3. The number of hydrogen-bond donors (Lipinski definition) is 0. The van der Waals surface area contributed by atoms with Crippen LogP contribution in [0.2, 0.25) is 5.15 Å². The van der Waals surface area contributed by atoms with Gasteiger partial charge in [-0.2, -0.15) is 13.2 Å². The lowest BCUT2D eigenvalue weighted by molar-refractivity contribution is -0.137. The molecule has 0 radical (unpaired) electrons. The van der Waals surface area contributed by atoms with Gasteiger partial charge < -0.3 is 9.80 Å². The minimum atomic E-state index is -4.51. The molecule has 1 aromatic rings. The predicted octanol–water partition coefficient (Wildman–Crippen LogP) is 2.28. The lowest BCUT2D eigenvalue weighted by Crippen LogP contribution is -2.34. The molecule has 1 aromatic heterocycles. The van der Waals surface area contributed by atoms with Crippen LogP contribution in [-0.4, -0.2) is 43.5 Å². The van der Waals surface area contributed by atoms with Gasteiger partial charge in [0.2, 0.25) is 5.91 Å². The highest BCUT2D eigenvalue weighted by atomic mass is 35.5. The number of pyridine rings is 1. The molecule has 1 amide bonds. The molecular weight excluding hydrogens is 283 g/mol. The second-order valence-corrected chi connectivity index (χ2v) is 4.57. The van der Waals surface area contributed by atoms with Gasteiger partial charge in [-0.05, 0) is 12.1 Å². The molecule has 0 fully saturated rings. The first-order valence-corrected chi connectivity index (χ1v) is 5.65. The average molecular weight is 296 g/mol. The van der Waals surface area contributed by atoms with Crippen LogP contribution in [0.5, 0.6) is 0 Å². The van der Waals surface area contributed by atoms with Gasteiger partial charge in [-0.1, -0.05) is 11.6 Å². The van der Waals surface area contributed by atoms with E-state index in [9.17, 15) is 18.0 Å². The Morgan fingerprint density at radius 1 is 1.32 bits per heavy atom. The van der Waals surface area contributed by atoms with Gasteiger partial charge in [0.25, 0.3) is 0 Å². The lowest BCUT2D eigenvalue weighted by Gasteiger charge is -2.21. The van der Waals surface area contributed by atoms with Gasteiger partial charge in [0, 0.05) is 21.1 Å². The van der Waals surface area contributed by atoms with Gasteiger partial charge in [0.15, 0.2) is 0 Å². The molecule has 4 nitrogen and oxygen atoms in total. The Morgan fingerprint density at radius 3 is 2.37 bits per heavy atom. The third-order valence-corrected chi connectivity index (χ3v) is 2.56. The topological polar surface area (TPSA) is 36.4 Å². The number of rotatable bonds is 3. The van der Waals surface area contributed by atoms with Gasteiger partial charge in [-0.15, -0.1) is 0 Å². The Morgan fingerprint density at radius 2 is 1.89 bits per heavy atom. The number of nitrogens with zero attached hydrogens (tertiary/aromatic N) is 3. The van der Waals surface area contributed by atoms with Crippen molar-refractivity contribution in [2.24, 2.45) is 0 Å². The summed E-state index contributed by atoms with van der Waals surface area (Å²) in [6, 6.07) is 1.60. The zero-order valence-electron chi connectivity index (χ0n) is 10.6. The SMILES string of the molecule is CN(C)C(=O)CN(C)c1cc(C(F)(F)F)cc(Cl)n1. The van der Waals surface area contributed by atoms with E-state index in [4.69, 9.17) is 11.6 Å². The minimum absolute atomic E-state index is 0.00461. The molecule has 0 unspecified atom stereocenters. The monoisotopic (exact) mass is 295 g/mol. The number of aromatic nitrogens is 1. The summed E-state index contributed by atoms with van der Waals surface area (Å²) in [5, 5.41) is -0.269. The van der Waals surface area contributed by atoms with E-state index >= 15 is 0 Å². The lowest BCUT2D eigenvalue weighted by atomic mass is 10.2. The van der Waals surface area contributed by atoms with Crippen LogP contribution >= 0.6 is 11.6 Å². The van der Waals surface area contributed by atoms with Crippen molar-refractivity contribution >= 4 is 23.3 Å². The summed E-state index contributed by atoms with van der Waals surface area (Å²) in [6.45, 7) is -0.0857. The van der Waals surface area contributed by atoms with Crippen LogP contribution in [0.25, 0.3) is 0 Å². The van der Waals surface area contributed by atoms with Crippen LogP contribution in [0, 0.1) is 0 Å². The second kappa shape index (κ2) is 5.64. The second-order valence-electron chi connectivity index (χ2n) is 4.18. The summed E-state index contributed by atoms with van der Waals surface area (Å²) in [5.74, 6) is -0.257. The summed E-state index contributed by atoms with van der Waals surface area (Å²) in [5.41, 5.74) is -0.897. The zero-order chi connectivity index (χ0) is 14.8. The van der Waals surface area contributed by atoms with E-state index in [1.54, 1.807) is 14.1 Å². The first-order valence-electron chi connectivity index (χ1n) is 5.27. The number of carbonyl (C=O) groups is 1. The molecule has 1 rings (SSSR count). The molecule has 0 spiro atoms. The van der Waals surface area contributed by atoms with Crippen molar-refractivity contribution < 1.29 is 18.0 Å². The van der Waals surface area contributed by atoms with E-state index in [2.05, 4.69) is 4.98 Å². The summed E-state index contributed by atoms with van der Waals surface area (Å²) >= 11 is 5.57. The molecule has 0 saturated carbocycles. The first-order chi connectivity index (χ1) is 8.61. The van der Waals surface area contributed by atoms with Crippen molar-refractivity contribution in [1.29, 1.82) is 0 Å². The Hall–Kier alpha value is -1.50. The van der Waals surface area contributed by atoms with E-state index in [1.165, 1.54) is 16.8 Å². The maximum Gasteiger partial charge on any atom is 0.416 e. The van der Waals surface area contributed by atoms with Crippen molar-refractivity contribution in [2.75, 3.05) is 32.6 Å². The number of likely N-dealkylation sites (N-methyl/N-ethyl adjacent to an activating group) is 2. The zero-order valence-corrected chi connectivity index (χ0v) is 11.4. The fourth-order valence-corrected chi connectivity index (χ4v) is 1.47. The number of halogens is 4. The molecule has 0 aromatic carbocycles. The molecule has 1 heterocycles. The van der Waals surface area contributed by atoms with Gasteiger partial charge in [-0.3, -0.25) is 4.79 Å². The Balaban J connectivity index is 3.01. The molecule has 0 atom stereocenters. The standard InChI is InChI=1S/C11H13ClF3N3O/c1-17(2)10(19)6-18(3)9-5-7(11(13,14)15)4-8(12)16-9/h4-5H,6H2,1-3H3. The third-order valence-electron chi connectivity index (χ3n) is 2.37. The van der Waals surface area contributed by atoms with Crippen molar-refractivity contribution in [2.45, 2.75) is 6.18 Å². The highest BCUT2D eigenvalue weighted by Crippen LogP contribution is 2.32. The van der Waals surface area contributed by atoms with Crippen molar-refractivity contribution in [1.82, 2.24) is 9.88 Å². The maximum atomic E-state index is 12.6. The van der Waals surface area contributed by atoms with E-state index in [-0.39, 0.29) is 23.4 Å². The molecule has 19 heavy (non-hydrogen) atoms. The molecule has 106 valence electrons. The Kier molecular flexibility index (Phi) is 4.62. The fourth-order valence-electron chi connectivity index (χ4n) is 1.27. The van der Waals surface area contributed by atoms with Crippen molar-refractivity contribution in [3.05, 3.63) is 22.8 Å². The van der Waals surface area contributed by atoms with Crippen LogP contribution in [0.1, 0.15) is 5.56 Å². The number of alkyl halides is 3. The van der Waals surface area contributed by atoms with Crippen LogP contribution in [-0.2, 0) is 11.0 Å². The van der Waals surface area contributed by atoms with E-state index in [1.807, 2.05) is 0 Å². The van der Waals surface area contributed by atoms with Gasteiger partial charge in [0.05, 0.1) is 12.1 Å². The van der Waals surface area contributed by atoms with E-state index in [0.29, 0.717) is 0 Å². The van der Waals surface area contributed by atoms with Crippen LogP contribution in [0.3, 0.4) is 0 Å². The molecule has 0 aliphatic carbocycles. The number of hydrogen-bond acceptors (Lipinski definition) is 3. The van der Waals surface area contributed by atoms with Crippen molar-refractivity contribution in [3.8, 4) is 0 Å². The highest BCUT2D eigenvalue weighted by molar-refractivity contribution is 6.29. The summed E-state index contributed by atoms with van der Waals surface area (Å²) in [7, 11) is 4.59. The maximum absolute atomic E-state index is 12.6. The fraction of sp³-hybridized carbons (Fsp3) is 0.455. The quantitative estimate of drug-likeness (QED) is 0.803. The minimum Gasteiger partial charge on any atom is -0.350 e. The molecule has 0 aliphatic rings. The average Bonchev–Trinajstić information content (AvgIpc) is 2.26. The smallest absolute Gasteiger partial charge is 0.350 e. The van der Waals surface area contributed by atoms with Crippen LogP contribution in [0.15, 0.2) is 12.1 Å². The number of carbonyl (C=O) groups excluding carboxylic acids is 1. The van der Waals surface area contributed by atoms with Gasteiger partial charge in [0.1, 0.15) is 11.0 Å². The van der Waals surface area contributed by atoms with E-state index < -0.39 is 11.7 Å². The summed E-state index contributed by atoms with van der Waals surface area (Å²) in [4.78, 5) is 17.9. The summed E-state index contributed by atoms with van der Waals surface area (Å²) in [6.07, 6.45) is -4.51. The molecule has 0 bridgehead atoms. The van der Waals surface area contributed by atoms with Gasteiger partial charge >= 0.3 is 6.18 Å². The van der Waals surface area contributed by atoms with E-state index in [0.717, 1.165) is 12.1 Å². The van der Waals surface area contributed by atoms with Gasteiger partial charge in [-0.25, -0.2) is 4.98 Å². The first kappa shape index (κ1) is 15.6. The van der Waals surface area contributed by atoms with Crippen molar-refractivity contribution in [3.63, 3.8) is 0 Å². The van der Waals surface area contributed by atoms with Crippen LogP contribution < -0.4 is 4.90 Å². The molecule has 0 N–H and O–H groups in total. The molecule has 0 saturated heterocycles. The molecule has 0 aliphatic heterocycles. The molecule has 8 heteroatoms. The number of anilines is 1. The van der Waals surface area contributed by atoms with Crippen LogP contribution in [0.4, 0.5) is 19.0 Å². The Bertz CT molecular complexity index is 477. The largest absolute Gasteiger partial charge is 0.416 e. The third kappa shape index (κ3) is 4.27. The predicted molar refractivity (Wildman–Crippen MR) is 66.2 cm³/mol. The Labute approximate surface area is 113 Å². The highest BCUT2D eigenvalue weighted by Gasteiger charge is 2.32.